The van der Waals surface area contributed by atoms with Crippen molar-refractivity contribution in [2.45, 2.75) is 70.8 Å². The van der Waals surface area contributed by atoms with Gasteiger partial charge in [-0.25, -0.2) is 0 Å². The maximum Gasteiger partial charge on any atom is 0.139 e. The van der Waals surface area contributed by atoms with Gasteiger partial charge in [-0.1, -0.05) is 6.92 Å². The Balaban J connectivity index is 1.66. The highest BCUT2D eigenvalue weighted by atomic mass is 16.5. The fourth-order valence-electron chi connectivity index (χ4n) is 7.35. The van der Waals surface area contributed by atoms with Crippen LogP contribution in [0.15, 0.2) is 0 Å². The molecule has 0 bridgehead atoms. The van der Waals surface area contributed by atoms with E-state index in [0.717, 1.165) is 45.1 Å². The first-order valence-electron chi connectivity index (χ1n) is 9.71. The summed E-state index contributed by atoms with van der Waals surface area (Å²) in [5, 5.41) is 10.2. The van der Waals surface area contributed by atoms with Gasteiger partial charge >= 0.3 is 0 Å². The van der Waals surface area contributed by atoms with Crippen LogP contribution >= 0.6 is 0 Å². The average Bonchev–Trinajstić information content (AvgIpc) is 2.84. The van der Waals surface area contributed by atoms with Crippen LogP contribution in [0.4, 0.5) is 0 Å². The van der Waals surface area contributed by atoms with E-state index in [2.05, 4.69) is 6.92 Å². The molecule has 23 heavy (non-hydrogen) atoms. The minimum Gasteiger partial charge on any atom is -0.393 e. The first-order chi connectivity index (χ1) is 11.0. The van der Waals surface area contributed by atoms with Gasteiger partial charge in [0, 0.05) is 18.9 Å². The van der Waals surface area contributed by atoms with E-state index < -0.39 is 0 Å². The average molecular weight is 320 g/mol. The van der Waals surface area contributed by atoms with Gasteiger partial charge in [0.1, 0.15) is 5.78 Å². The summed E-state index contributed by atoms with van der Waals surface area (Å²) in [5.74, 6) is 3.17. The van der Waals surface area contributed by atoms with Gasteiger partial charge in [-0.15, -0.1) is 0 Å². The molecule has 2 unspecified atom stereocenters. The Kier molecular flexibility index (Phi) is 3.88. The molecule has 4 saturated carbocycles. The van der Waals surface area contributed by atoms with E-state index in [1.165, 1.54) is 19.3 Å². The molecule has 0 heterocycles. The Morgan fingerprint density at radius 1 is 1.13 bits per heavy atom. The molecular weight excluding hydrogens is 288 g/mol. The molecule has 0 aliphatic heterocycles. The second-order valence-electron chi connectivity index (χ2n) is 9.16. The number of hydrogen-bond donors (Lipinski definition) is 1. The van der Waals surface area contributed by atoms with Crippen molar-refractivity contribution in [2.75, 3.05) is 13.7 Å². The summed E-state index contributed by atoms with van der Waals surface area (Å²) in [5.41, 5.74) is 0.236. The maximum absolute atomic E-state index is 12.5. The first kappa shape index (κ1) is 16.1. The van der Waals surface area contributed by atoms with Crippen LogP contribution in [0.2, 0.25) is 0 Å². The monoisotopic (exact) mass is 320 g/mol. The molecule has 4 rings (SSSR count). The SMILES string of the molecule is COC[C@]12CCC(O)CC1CC[C@@H]1[C@H]2CC[C@]2(C)C(=O)CC[C@@H]12. The number of carbonyl (C=O) groups is 1. The van der Waals surface area contributed by atoms with Crippen LogP contribution in [0, 0.1) is 34.5 Å². The smallest absolute Gasteiger partial charge is 0.139 e. The molecule has 0 spiro atoms. The van der Waals surface area contributed by atoms with E-state index >= 15 is 0 Å². The van der Waals surface area contributed by atoms with Crippen LogP contribution in [0.5, 0.6) is 0 Å². The fourth-order valence-corrected chi connectivity index (χ4v) is 7.35. The summed E-state index contributed by atoms with van der Waals surface area (Å²) >= 11 is 0. The predicted octanol–water partition coefficient (Wildman–Crippen LogP) is 3.59. The van der Waals surface area contributed by atoms with E-state index in [0.29, 0.717) is 29.5 Å². The zero-order valence-corrected chi connectivity index (χ0v) is 14.7. The van der Waals surface area contributed by atoms with Crippen molar-refractivity contribution in [1.29, 1.82) is 0 Å². The van der Waals surface area contributed by atoms with Crippen molar-refractivity contribution in [1.82, 2.24) is 0 Å². The van der Waals surface area contributed by atoms with E-state index in [1.807, 2.05) is 7.11 Å². The quantitative estimate of drug-likeness (QED) is 0.846. The third kappa shape index (κ3) is 2.18. The lowest BCUT2D eigenvalue weighted by Gasteiger charge is -2.60. The molecule has 3 nitrogen and oxygen atoms in total. The zero-order chi connectivity index (χ0) is 16.2. The van der Waals surface area contributed by atoms with Crippen molar-refractivity contribution >= 4 is 5.78 Å². The zero-order valence-electron chi connectivity index (χ0n) is 14.7. The second kappa shape index (κ2) is 5.56. The predicted molar refractivity (Wildman–Crippen MR) is 88.9 cm³/mol. The second-order valence-corrected chi connectivity index (χ2v) is 9.16. The van der Waals surface area contributed by atoms with Crippen LogP contribution in [0.3, 0.4) is 0 Å². The number of ether oxygens (including phenoxy) is 1. The number of aliphatic hydroxyl groups is 1. The highest BCUT2D eigenvalue weighted by Gasteiger charge is 2.61. The fraction of sp³-hybridized carbons (Fsp3) is 0.950. The number of fused-ring (bicyclic) bond motifs is 5. The Morgan fingerprint density at radius 3 is 2.74 bits per heavy atom. The van der Waals surface area contributed by atoms with Gasteiger partial charge in [-0.05, 0) is 80.5 Å². The molecule has 4 aliphatic carbocycles. The summed E-state index contributed by atoms with van der Waals surface area (Å²) in [6, 6.07) is 0. The van der Waals surface area contributed by atoms with Crippen LogP contribution in [-0.2, 0) is 9.53 Å². The van der Waals surface area contributed by atoms with Crippen molar-refractivity contribution < 1.29 is 14.6 Å². The molecule has 130 valence electrons. The number of rotatable bonds is 2. The topological polar surface area (TPSA) is 46.5 Å². The maximum atomic E-state index is 12.5. The molecule has 0 aromatic rings. The molecule has 4 fully saturated rings. The van der Waals surface area contributed by atoms with Gasteiger partial charge < -0.3 is 9.84 Å². The summed E-state index contributed by atoms with van der Waals surface area (Å²) in [6.45, 7) is 3.10. The third-order valence-electron chi connectivity index (χ3n) is 8.46. The lowest BCUT2D eigenvalue weighted by molar-refractivity contribution is -0.159. The van der Waals surface area contributed by atoms with E-state index in [-0.39, 0.29) is 16.9 Å². The standard InChI is InChI=1S/C20H32O3/c1-19-9-8-17-15(16(19)5-6-18(19)22)4-3-13-11-14(21)7-10-20(13,17)12-23-2/h13-17,21H,3-12H2,1-2H3/t13?,14?,15-,16-,17+,19-,20+/m0/s1. The summed E-state index contributed by atoms with van der Waals surface area (Å²) in [4.78, 5) is 12.5. The van der Waals surface area contributed by atoms with Gasteiger partial charge in [0.25, 0.3) is 0 Å². The minimum atomic E-state index is -0.108. The highest BCUT2D eigenvalue weighted by molar-refractivity contribution is 5.87. The molecule has 0 saturated heterocycles. The van der Waals surface area contributed by atoms with Gasteiger partial charge in [0.2, 0.25) is 0 Å². The molecule has 4 aliphatic rings. The Bertz CT molecular complexity index is 489. The summed E-state index contributed by atoms with van der Waals surface area (Å²) in [6.07, 6.45) is 9.60. The lowest BCUT2D eigenvalue weighted by atomic mass is 9.45. The van der Waals surface area contributed by atoms with Gasteiger partial charge in [0.15, 0.2) is 0 Å². The number of methoxy groups -OCH3 is 1. The Labute approximate surface area is 140 Å². The van der Waals surface area contributed by atoms with Gasteiger partial charge in [-0.3, -0.25) is 4.79 Å². The summed E-state index contributed by atoms with van der Waals surface area (Å²) < 4.78 is 5.73. The molecule has 7 atom stereocenters. The van der Waals surface area contributed by atoms with Crippen molar-refractivity contribution in [3.8, 4) is 0 Å². The van der Waals surface area contributed by atoms with Crippen molar-refractivity contribution in [3.63, 3.8) is 0 Å². The number of Topliss-reactive ketones (excluding diaryl/α,β-unsaturated/α-hetero) is 1. The molecule has 1 N–H and O–H groups in total. The van der Waals surface area contributed by atoms with Crippen LogP contribution in [-0.4, -0.2) is 30.7 Å². The molecular formula is C20H32O3. The van der Waals surface area contributed by atoms with Crippen molar-refractivity contribution in [3.05, 3.63) is 0 Å². The number of carbonyl (C=O) groups excluding carboxylic acids is 1. The number of hydrogen-bond acceptors (Lipinski definition) is 3. The third-order valence-corrected chi connectivity index (χ3v) is 8.46. The van der Waals surface area contributed by atoms with Crippen molar-refractivity contribution in [2.24, 2.45) is 34.5 Å². The Hall–Kier alpha value is -0.410. The van der Waals surface area contributed by atoms with E-state index in [1.54, 1.807) is 0 Å². The molecule has 0 aromatic carbocycles. The van der Waals surface area contributed by atoms with Gasteiger partial charge in [-0.2, -0.15) is 0 Å². The number of aliphatic hydroxyl groups excluding tert-OH is 1. The molecule has 0 aromatic heterocycles. The van der Waals surface area contributed by atoms with E-state index in [9.17, 15) is 9.90 Å². The molecule has 3 heteroatoms. The summed E-state index contributed by atoms with van der Waals surface area (Å²) in [7, 11) is 1.84. The molecule has 0 amide bonds. The van der Waals surface area contributed by atoms with Crippen LogP contribution < -0.4 is 0 Å². The van der Waals surface area contributed by atoms with Crippen LogP contribution in [0.25, 0.3) is 0 Å². The minimum absolute atomic E-state index is 0.0313. The highest BCUT2D eigenvalue weighted by Crippen LogP contribution is 2.65. The Morgan fingerprint density at radius 2 is 1.96 bits per heavy atom. The largest absolute Gasteiger partial charge is 0.393 e. The van der Waals surface area contributed by atoms with Gasteiger partial charge in [0.05, 0.1) is 12.7 Å². The normalized spacial score (nSPS) is 52.7. The first-order valence-corrected chi connectivity index (χ1v) is 9.71. The molecule has 0 radical (unpaired) electrons. The lowest BCUT2D eigenvalue weighted by Crippen LogP contribution is -2.56. The van der Waals surface area contributed by atoms with E-state index in [4.69, 9.17) is 4.74 Å². The number of ketones is 1. The van der Waals surface area contributed by atoms with Crippen LogP contribution in [0.1, 0.15) is 64.7 Å².